The van der Waals surface area contributed by atoms with Crippen LogP contribution in [0, 0.1) is 0 Å². The quantitative estimate of drug-likeness (QED) is 0.588. The van der Waals surface area contributed by atoms with Gasteiger partial charge in [0.1, 0.15) is 5.75 Å². The molecule has 0 bridgehead atoms. The van der Waals surface area contributed by atoms with Crippen molar-refractivity contribution in [3.05, 3.63) is 54.1 Å². The minimum absolute atomic E-state index is 0.143. The van der Waals surface area contributed by atoms with E-state index in [9.17, 15) is 4.79 Å². The highest BCUT2D eigenvalue weighted by molar-refractivity contribution is 5.89. The molecule has 5 nitrogen and oxygen atoms in total. The van der Waals surface area contributed by atoms with Crippen LogP contribution in [-0.2, 0) is 5.41 Å². The number of piperidine rings is 1. The molecule has 3 rings (SSSR count). The maximum Gasteiger partial charge on any atom is 0.319 e. The molecule has 30 heavy (non-hydrogen) atoms. The first-order chi connectivity index (χ1) is 14.4. The number of amides is 2. The van der Waals surface area contributed by atoms with Gasteiger partial charge in [0, 0.05) is 31.0 Å². The highest BCUT2D eigenvalue weighted by atomic mass is 16.5. The van der Waals surface area contributed by atoms with Gasteiger partial charge >= 0.3 is 6.03 Å². The Balaban J connectivity index is 1.33. The van der Waals surface area contributed by atoms with E-state index in [0.29, 0.717) is 13.2 Å². The number of benzene rings is 2. The monoisotopic (exact) mass is 409 g/mol. The summed E-state index contributed by atoms with van der Waals surface area (Å²) < 4.78 is 5.77. The number of nitrogens with one attached hydrogen (secondary N) is 2. The highest BCUT2D eigenvalue weighted by Crippen LogP contribution is 2.24. The number of hydrogen-bond acceptors (Lipinski definition) is 3. The third kappa shape index (κ3) is 6.68. The lowest BCUT2D eigenvalue weighted by Gasteiger charge is -2.28. The van der Waals surface area contributed by atoms with Crippen molar-refractivity contribution in [3.63, 3.8) is 0 Å². The summed E-state index contributed by atoms with van der Waals surface area (Å²) in [4.78, 5) is 14.5. The van der Waals surface area contributed by atoms with E-state index in [1.54, 1.807) is 0 Å². The second-order valence-corrected chi connectivity index (χ2v) is 8.95. The fourth-order valence-electron chi connectivity index (χ4n) is 3.60. The molecule has 0 spiro atoms. The molecule has 2 amide bonds. The number of urea groups is 1. The Morgan fingerprint density at radius 1 is 0.967 bits per heavy atom. The summed E-state index contributed by atoms with van der Waals surface area (Å²) in [7, 11) is 0. The summed E-state index contributed by atoms with van der Waals surface area (Å²) in [5.41, 5.74) is 3.47. The number of rotatable bonds is 7. The normalized spacial score (nSPS) is 14.3. The molecule has 5 heteroatoms. The fourth-order valence-corrected chi connectivity index (χ4v) is 3.60. The predicted molar refractivity (Wildman–Crippen MR) is 125 cm³/mol. The van der Waals surface area contributed by atoms with Crippen LogP contribution < -0.4 is 20.3 Å². The van der Waals surface area contributed by atoms with E-state index in [4.69, 9.17) is 4.74 Å². The Labute approximate surface area is 180 Å². The molecule has 0 radical (unpaired) electrons. The van der Waals surface area contributed by atoms with Crippen molar-refractivity contribution in [3.8, 4) is 5.75 Å². The zero-order valence-electron chi connectivity index (χ0n) is 18.5. The molecule has 0 aliphatic carbocycles. The van der Waals surface area contributed by atoms with Gasteiger partial charge in [-0.3, -0.25) is 0 Å². The second kappa shape index (κ2) is 10.4. The summed E-state index contributed by atoms with van der Waals surface area (Å²) in [5, 5.41) is 5.78. The number of hydrogen-bond donors (Lipinski definition) is 2. The van der Waals surface area contributed by atoms with Crippen molar-refractivity contribution in [2.24, 2.45) is 0 Å². The van der Waals surface area contributed by atoms with Crippen LogP contribution in [0.3, 0.4) is 0 Å². The lowest BCUT2D eigenvalue weighted by molar-refractivity contribution is 0.250. The first-order valence-electron chi connectivity index (χ1n) is 11.0. The summed E-state index contributed by atoms with van der Waals surface area (Å²) in [6.45, 7) is 9.97. The van der Waals surface area contributed by atoms with Crippen LogP contribution in [0.2, 0.25) is 0 Å². The van der Waals surface area contributed by atoms with Gasteiger partial charge in [-0.15, -0.1) is 0 Å². The van der Waals surface area contributed by atoms with Gasteiger partial charge in [0.15, 0.2) is 0 Å². The molecule has 1 heterocycles. The summed E-state index contributed by atoms with van der Waals surface area (Å²) in [5.74, 6) is 0.862. The van der Waals surface area contributed by atoms with Crippen LogP contribution in [-0.4, -0.2) is 32.3 Å². The van der Waals surface area contributed by atoms with Gasteiger partial charge in [-0.25, -0.2) is 4.79 Å². The number of carbonyl (C=O) groups is 1. The van der Waals surface area contributed by atoms with Crippen LogP contribution >= 0.6 is 0 Å². The predicted octanol–water partition coefficient (Wildman–Crippen LogP) is 5.57. The Morgan fingerprint density at radius 3 is 2.27 bits per heavy atom. The highest BCUT2D eigenvalue weighted by Gasteiger charge is 2.13. The Hall–Kier alpha value is -2.69. The van der Waals surface area contributed by atoms with E-state index < -0.39 is 0 Å². The number of ether oxygens (including phenoxy) is 1. The Morgan fingerprint density at radius 2 is 1.63 bits per heavy atom. The van der Waals surface area contributed by atoms with Crippen molar-refractivity contribution < 1.29 is 9.53 Å². The molecule has 1 saturated heterocycles. The van der Waals surface area contributed by atoms with Crippen molar-refractivity contribution >= 4 is 17.4 Å². The molecular weight excluding hydrogens is 374 g/mol. The zero-order chi connectivity index (χ0) is 21.4. The van der Waals surface area contributed by atoms with Crippen LogP contribution in [0.5, 0.6) is 5.75 Å². The molecule has 1 aliphatic rings. The smallest absolute Gasteiger partial charge is 0.319 e. The average molecular weight is 410 g/mol. The summed E-state index contributed by atoms with van der Waals surface area (Å²) in [6, 6.07) is 16.1. The summed E-state index contributed by atoms with van der Waals surface area (Å²) in [6.07, 6.45) is 4.59. The van der Waals surface area contributed by atoms with Gasteiger partial charge in [-0.05, 0) is 73.1 Å². The van der Waals surface area contributed by atoms with E-state index in [2.05, 4.69) is 60.6 Å². The minimum atomic E-state index is -0.185. The first-order valence-corrected chi connectivity index (χ1v) is 11.0. The molecule has 2 aromatic carbocycles. The maximum atomic E-state index is 12.1. The molecule has 2 N–H and O–H groups in total. The van der Waals surface area contributed by atoms with E-state index >= 15 is 0 Å². The van der Waals surface area contributed by atoms with E-state index in [-0.39, 0.29) is 11.4 Å². The second-order valence-electron chi connectivity index (χ2n) is 8.95. The largest absolute Gasteiger partial charge is 0.494 e. The molecule has 0 aromatic heterocycles. The van der Waals surface area contributed by atoms with Gasteiger partial charge in [-0.2, -0.15) is 0 Å². The van der Waals surface area contributed by atoms with Crippen molar-refractivity contribution in [2.75, 3.05) is 36.5 Å². The van der Waals surface area contributed by atoms with Gasteiger partial charge in [0.05, 0.1) is 6.61 Å². The SMILES string of the molecule is CC(C)(C)c1ccc(OCCCNC(=O)Nc2ccc(N3CCCCC3)cc2)cc1. The third-order valence-electron chi connectivity index (χ3n) is 5.44. The van der Waals surface area contributed by atoms with Gasteiger partial charge < -0.3 is 20.3 Å². The molecular formula is C25H35N3O2. The third-order valence-corrected chi connectivity index (χ3v) is 5.44. The molecule has 0 unspecified atom stereocenters. The lowest BCUT2D eigenvalue weighted by atomic mass is 9.87. The molecule has 2 aromatic rings. The van der Waals surface area contributed by atoms with Gasteiger partial charge in [0.2, 0.25) is 0 Å². The molecule has 0 atom stereocenters. The first kappa shape index (κ1) is 22.0. The fraction of sp³-hybridized carbons (Fsp3) is 0.480. The lowest BCUT2D eigenvalue weighted by Crippen LogP contribution is -2.30. The molecule has 162 valence electrons. The minimum Gasteiger partial charge on any atom is -0.494 e. The van der Waals surface area contributed by atoms with E-state index in [1.165, 1.54) is 30.5 Å². The van der Waals surface area contributed by atoms with Crippen molar-refractivity contribution in [2.45, 2.75) is 51.9 Å². The van der Waals surface area contributed by atoms with Crippen molar-refractivity contribution in [1.82, 2.24) is 5.32 Å². The summed E-state index contributed by atoms with van der Waals surface area (Å²) >= 11 is 0. The van der Waals surface area contributed by atoms with Crippen LogP contribution in [0.25, 0.3) is 0 Å². The average Bonchev–Trinajstić information content (AvgIpc) is 2.74. The topological polar surface area (TPSA) is 53.6 Å². The van der Waals surface area contributed by atoms with Crippen molar-refractivity contribution in [1.29, 1.82) is 0 Å². The maximum absolute atomic E-state index is 12.1. The van der Waals surface area contributed by atoms with Crippen LogP contribution in [0.15, 0.2) is 48.5 Å². The molecule has 0 saturated carbocycles. The zero-order valence-corrected chi connectivity index (χ0v) is 18.5. The van der Waals surface area contributed by atoms with Crippen LogP contribution in [0.1, 0.15) is 52.0 Å². The molecule has 1 fully saturated rings. The number of nitrogens with zero attached hydrogens (tertiary/aromatic N) is 1. The van der Waals surface area contributed by atoms with E-state index in [1.807, 2.05) is 24.3 Å². The number of anilines is 2. The Kier molecular flexibility index (Phi) is 7.61. The Bertz CT molecular complexity index is 789. The number of carbonyl (C=O) groups excluding carboxylic acids is 1. The standard InChI is InChI=1S/C25H35N3O2/c1-25(2,3)20-8-14-23(15-9-20)30-19-7-16-26-24(29)27-21-10-12-22(13-11-21)28-17-5-4-6-18-28/h8-15H,4-7,16-19H2,1-3H3,(H2,26,27,29). The van der Waals surface area contributed by atoms with Gasteiger partial charge in [0.25, 0.3) is 0 Å². The van der Waals surface area contributed by atoms with Crippen LogP contribution in [0.4, 0.5) is 16.2 Å². The van der Waals surface area contributed by atoms with Gasteiger partial charge in [-0.1, -0.05) is 32.9 Å². The van der Waals surface area contributed by atoms with E-state index in [0.717, 1.165) is 30.9 Å². The molecule has 1 aliphatic heterocycles.